The Hall–Kier alpha value is -3.41. The van der Waals surface area contributed by atoms with Gasteiger partial charge < -0.3 is 24.8 Å². The second kappa shape index (κ2) is 6.88. The molecule has 0 spiro atoms. The molecule has 1 heterocycles. The summed E-state index contributed by atoms with van der Waals surface area (Å²) < 4.78 is 5.83. The molecule has 0 atom stereocenters. The molecular formula is C23H24O6. The first kappa shape index (κ1) is 20.3. The van der Waals surface area contributed by atoms with Crippen LogP contribution in [0.15, 0.2) is 45.6 Å². The van der Waals surface area contributed by atoms with Crippen molar-refractivity contribution in [3.05, 3.63) is 57.8 Å². The lowest BCUT2D eigenvalue weighted by atomic mass is 9.83. The predicted octanol–water partition coefficient (Wildman–Crippen LogP) is 4.74. The summed E-state index contributed by atoms with van der Waals surface area (Å²) in [4.78, 5) is 13.2. The molecule has 0 fully saturated rings. The molecule has 0 amide bonds. The van der Waals surface area contributed by atoms with E-state index in [-0.39, 0.29) is 27.7 Å². The second-order valence-corrected chi connectivity index (χ2v) is 7.95. The van der Waals surface area contributed by atoms with Crippen LogP contribution in [0.4, 0.5) is 0 Å². The Morgan fingerprint density at radius 1 is 1.07 bits per heavy atom. The number of allylic oxidation sites excluding steroid dienone is 3. The van der Waals surface area contributed by atoms with Crippen molar-refractivity contribution in [3.63, 3.8) is 0 Å². The molecule has 1 aromatic heterocycles. The van der Waals surface area contributed by atoms with Gasteiger partial charge in [-0.1, -0.05) is 31.6 Å². The van der Waals surface area contributed by atoms with Gasteiger partial charge in [0.05, 0.1) is 5.39 Å². The van der Waals surface area contributed by atoms with Gasteiger partial charge in [-0.2, -0.15) is 0 Å². The zero-order chi connectivity index (χ0) is 21.7. The lowest BCUT2D eigenvalue weighted by molar-refractivity contribution is 0.396. The molecule has 3 rings (SSSR count). The first-order valence-electron chi connectivity index (χ1n) is 9.16. The number of phenols is 4. The molecule has 2 aromatic carbocycles. The highest BCUT2D eigenvalue weighted by Gasteiger charge is 2.28. The fraction of sp³-hybridized carbons (Fsp3) is 0.261. The third-order valence-corrected chi connectivity index (χ3v) is 5.15. The van der Waals surface area contributed by atoms with Crippen LogP contribution in [-0.4, -0.2) is 20.4 Å². The van der Waals surface area contributed by atoms with E-state index in [0.29, 0.717) is 17.5 Å². The SMILES string of the molecule is C=CC(C)(C)c1cc(O)c(O)c2c(=O)c3cc(CC=C(C)C)c(O)c(O)c3oc12. The van der Waals surface area contributed by atoms with E-state index in [9.17, 15) is 25.2 Å². The number of hydrogen-bond donors (Lipinski definition) is 4. The second-order valence-electron chi connectivity index (χ2n) is 7.95. The number of benzene rings is 2. The third kappa shape index (κ3) is 3.20. The molecule has 4 N–H and O–H groups in total. The molecule has 0 aliphatic carbocycles. The summed E-state index contributed by atoms with van der Waals surface area (Å²) >= 11 is 0. The molecule has 3 aromatic rings. The zero-order valence-corrected chi connectivity index (χ0v) is 16.8. The quantitative estimate of drug-likeness (QED) is 0.288. The van der Waals surface area contributed by atoms with Crippen LogP contribution in [0.1, 0.15) is 38.8 Å². The fourth-order valence-electron chi connectivity index (χ4n) is 3.22. The minimum Gasteiger partial charge on any atom is -0.504 e. The summed E-state index contributed by atoms with van der Waals surface area (Å²) in [5, 5.41) is 41.3. The molecule has 0 saturated heterocycles. The molecule has 0 aliphatic rings. The molecule has 0 unspecified atom stereocenters. The van der Waals surface area contributed by atoms with Gasteiger partial charge in [-0.25, -0.2) is 0 Å². The lowest BCUT2D eigenvalue weighted by Crippen LogP contribution is -2.15. The monoisotopic (exact) mass is 396 g/mol. The van der Waals surface area contributed by atoms with Crippen molar-refractivity contribution in [2.45, 2.75) is 39.5 Å². The van der Waals surface area contributed by atoms with Gasteiger partial charge in [0.15, 0.2) is 22.8 Å². The van der Waals surface area contributed by atoms with Crippen LogP contribution >= 0.6 is 0 Å². The molecule has 0 aliphatic heterocycles. The van der Waals surface area contributed by atoms with Gasteiger partial charge >= 0.3 is 0 Å². The Morgan fingerprint density at radius 2 is 1.72 bits per heavy atom. The number of rotatable bonds is 4. The van der Waals surface area contributed by atoms with Gasteiger partial charge in [-0.3, -0.25) is 4.79 Å². The Morgan fingerprint density at radius 3 is 2.31 bits per heavy atom. The first-order valence-corrected chi connectivity index (χ1v) is 9.16. The van der Waals surface area contributed by atoms with E-state index < -0.39 is 28.1 Å². The van der Waals surface area contributed by atoms with Gasteiger partial charge in [-0.15, -0.1) is 6.58 Å². The van der Waals surface area contributed by atoms with E-state index in [4.69, 9.17) is 4.42 Å². The summed E-state index contributed by atoms with van der Waals surface area (Å²) in [6, 6.07) is 2.73. The average molecular weight is 396 g/mol. The normalized spacial score (nSPS) is 11.7. The molecule has 6 heteroatoms. The Labute approximate surface area is 167 Å². The molecule has 152 valence electrons. The van der Waals surface area contributed by atoms with Crippen molar-refractivity contribution < 1.29 is 24.8 Å². The lowest BCUT2D eigenvalue weighted by Gasteiger charge is -2.22. The van der Waals surface area contributed by atoms with Crippen LogP contribution in [0, 0.1) is 0 Å². The van der Waals surface area contributed by atoms with Crippen LogP contribution in [0.25, 0.3) is 21.9 Å². The average Bonchev–Trinajstić information content (AvgIpc) is 2.66. The standard InChI is InChI=1S/C23H24O6/c1-6-23(4,5)14-10-15(24)19(27)16-18(26)13-9-12(8-7-11(2)3)17(25)20(28)21(13)29-22(14)16/h6-7,9-10,24-25,27-28H,1,8H2,2-5H3. The van der Waals surface area contributed by atoms with Crippen molar-refractivity contribution in [2.24, 2.45) is 0 Å². The minimum atomic E-state index is -0.714. The smallest absolute Gasteiger partial charge is 0.204 e. The van der Waals surface area contributed by atoms with E-state index in [1.807, 2.05) is 19.9 Å². The molecule has 0 radical (unpaired) electrons. The fourth-order valence-corrected chi connectivity index (χ4v) is 3.22. The van der Waals surface area contributed by atoms with Crippen molar-refractivity contribution in [1.29, 1.82) is 0 Å². The van der Waals surface area contributed by atoms with Crippen LogP contribution in [0.3, 0.4) is 0 Å². The summed E-state index contributed by atoms with van der Waals surface area (Å²) in [5.41, 5.74) is 0.242. The van der Waals surface area contributed by atoms with Gasteiger partial charge in [0.1, 0.15) is 11.0 Å². The highest BCUT2D eigenvalue weighted by molar-refractivity contribution is 5.99. The van der Waals surface area contributed by atoms with Crippen LogP contribution < -0.4 is 5.43 Å². The van der Waals surface area contributed by atoms with Crippen molar-refractivity contribution in [2.75, 3.05) is 0 Å². The highest BCUT2D eigenvalue weighted by Crippen LogP contribution is 2.44. The van der Waals surface area contributed by atoms with E-state index >= 15 is 0 Å². The van der Waals surface area contributed by atoms with E-state index in [1.54, 1.807) is 19.9 Å². The van der Waals surface area contributed by atoms with Crippen LogP contribution in [0.5, 0.6) is 23.0 Å². The predicted molar refractivity (Wildman–Crippen MR) is 113 cm³/mol. The molecule has 6 nitrogen and oxygen atoms in total. The summed E-state index contributed by atoms with van der Waals surface area (Å²) in [6.07, 6.45) is 3.76. The number of aromatic hydroxyl groups is 4. The third-order valence-electron chi connectivity index (χ3n) is 5.15. The number of phenolic OH excluding ortho intramolecular Hbond substituents is 4. The first-order chi connectivity index (χ1) is 13.5. The largest absolute Gasteiger partial charge is 0.504 e. The van der Waals surface area contributed by atoms with Gasteiger partial charge in [-0.05, 0) is 32.4 Å². The topological polar surface area (TPSA) is 111 Å². The minimum absolute atomic E-state index is 0.00628. The maximum atomic E-state index is 13.2. The van der Waals surface area contributed by atoms with Gasteiger partial charge in [0, 0.05) is 16.5 Å². The summed E-state index contributed by atoms with van der Waals surface area (Å²) in [6.45, 7) is 11.2. The number of fused-ring (bicyclic) bond motifs is 2. The molecule has 0 saturated carbocycles. The van der Waals surface area contributed by atoms with Gasteiger partial charge in [0.2, 0.25) is 11.2 Å². The molecule has 29 heavy (non-hydrogen) atoms. The Kier molecular flexibility index (Phi) is 4.82. The van der Waals surface area contributed by atoms with E-state index in [2.05, 4.69) is 6.58 Å². The summed E-state index contributed by atoms with van der Waals surface area (Å²) in [7, 11) is 0. The van der Waals surface area contributed by atoms with E-state index in [0.717, 1.165) is 5.57 Å². The van der Waals surface area contributed by atoms with Crippen molar-refractivity contribution >= 4 is 21.9 Å². The van der Waals surface area contributed by atoms with Crippen LogP contribution in [-0.2, 0) is 11.8 Å². The molecule has 0 bridgehead atoms. The summed E-state index contributed by atoms with van der Waals surface area (Å²) in [5.74, 6) is -1.97. The maximum absolute atomic E-state index is 13.2. The van der Waals surface area contributed by atoms with Crippen molar-refractivity contribution in [3.8, 4) is 23.0 Å². The molecular weight excluding hydrogens is 372 g/mol. The maximum Gasteiger partial charge on any atom is 0.204 e. The van der Waals surface area contributed by atoms with Gasteiger partial charge in [0.25, 0.3) is 0 Å². The highest BCUT2D eigenvalue weighted by atomic mass is 16.4. The number of hydrogen-bond acceptors (Lipinski definition) is 6. The van der Waals surface area contributed by atoms with Crippen molar-refractivity contribution in [1.82, 2.24) is 0 Å². The van der Waals surface area contributed by atoms with E-state index in [1.165, 1.54) is 12.1 Å². The Balaban J connectivity index is 2.52. The Bertz CT molecular complexity index is 1240. The van der Waals surface area contributed by atoms with Crippen LogP contribution in [0.2, 0.25) is 0 Å². The zero-order valence-electron chi connectivity index (χ0n) is 16.8.